The molecule has 1 aromatic rings. The molecular formula is C14H15F. The summed E-state index contributed by atoms with van der Waals surface area (Å²) in [5.74, 6) is -0.200. The smallest absolute Gasteiger partial charge is 0.122 e. The molecule has 15 heavy (non-hydrogen) atoms. The van der Waals surface area contributed by atoms with E-state index in [1.165, 1.54) is 6.08 Å². The van der Waals surface area contributed by atoms with Crippen molar-refractivity contribution in [3.8, 4) is 0 Å². The second kappa shape index (κ2) is 5.30. The average Bonchev–Trinajstić information content (AvgIpc) is 2.26. The Morgan fingerprint density at radius 3 is 2.27 bits per heavy atom. The van der Waals surface area contributed by atoms with Crippen molar-refractivity contribution in [3.63, 3.8) is 0 Å². The Bertz CT molecular complexity index is 393. The maximum atomic E-state index is 13.4. The molecule has 0 unspecified atom stereocenters. The highest BCUT2D eigenvalue weighted by Gasteiger charge is 1.99. The summed E-state index contributed by atoms with van der Waals surface area (Å²) in [6.07, 6.45) is 3.18. The van der Waals surface area contributed by atoms with Gasteiger partial charge in [-0.15, -0.1) is 0 Å². The minimum atomic E-state index is -0.200. The largest absolute Gasteiger partial charge is 0.207 e. The Morgan fingerprint density at radius 2 is 1.80 bits per heavy atom. The predicted octanol–water partition coefficient (Wildman–Crippen LogP) is 4.52. The Labute approximate surface area is 90.4 Å². The van der Waals surface area contributed by atoms with Crippen LogP contribution in [0.25, 0.3) is 5.57 Å². The quantitative estimate of drug-likeness (QED) is 0.632. The van der Waals surface area contributed by atoms with Crippen molar-refractivity contribution in [3.05, 3.63) is 66.0 Å². The van der Waals surface area contributed by atoms with Crippen molar-refractivity contribution in [2.75, 3.05) is 0 Å². The summed E-state index contributed by atoms with van der Waals surface area (Å²) < 4.78 is 13.4. The third-order valence-corrected chi connectivity index (χ3v) is 2.09. The Morgan fingerprint density at radius 1 is 1.20 bits per heavy atom. The van der Waals surface area contributed by atoms with Gasteiger partial charge in [0.05, 0.1) is 0 Å². The highest BCUT2D eigenvalue weighted by Crippen LogP contribution is 2.19. The molecular weight excluding hydrogens is 187 g/mol. The van der Waals surface area contributed by atoms with Crippen molar-refractivity contribution < 1.29 is 4.39 Å². The zero-order valence-electron chi connectivity index (χ0n) is 9.13. The molecule has 0 aliphatic rings. The van der Waals surface area contributed by atoms with Crippen LogP contribution in [0.15, 0.2) is 60.5 Å². The zero-order chi connectivity index (χ0) is 11.3. The lowest BCUT2D eigenvalue weighted by atomic mass is 10.0. The molecule has 0 amide bonds. The highest BCUT2D eigenvalue weighted by atomic mass is 19.1. The van der Waals surface area contributed by atoms with Gasteiger partial charge in [-0.1, -0.05) is 43.0 Å². The molecule has 0 aliphatic carbocycles. The second-order valence-electron chi connectivity index (χ2n) is 3.52. The fourth-order valence-electron chi connectivity index (χ4n) is 1.17. The van der Waals surface area contributed by atoms with E-state index in [-0.39, 0.29) is 5.83 Å². The van der Waals surface area contributed by atoms with Crippen LogP contribution in [0.3, 0.4) is 0 Å². The fraction of sp³-hybridized carbons (Fsp3) is 0.143. The molecule has 1 heteroatoms. The van der Waals surface area contributed by atoms with E-state index < -0.39 is 0 Å². The molecule has 1 rings (SSSR count). The van der Waals surface area contributed by atoms with Crippen LogP contribution in [-0.2, 0) is 0 Å². The van der Waals surface area contributed by atoms with Gasteiger partial charge in [0.15, 0.2) is 0 Å². The van der Waals surface area contributed by atoms with E-state index in [1.54, 1.807) is 19.9 Å². The van der Waals surface area contributed by atoms with Gasteiger partial charge >= 0.3 is 0 Å². The molecule has 0 spiro atoms. The first kappa shape index (κ1) is 11.4. The number of hydrogen-bond donors (Lipinski definition) is 0. The zero-order valence-corrected chi connectivity index (χ0v) is 9.13. The molecule has 0 saturated heterocycles. The maximum Gasteiger partial charge on any atom is 0.122 e. The summed E-state index contributed by atoms with van der Waals surface area (Å²) in [6.45, 7) is 7.19. The molecule has 0 bridgehead atoms. The standard InChI is InChI=1S/C14H15F/c1-4-12(10-14(15)11(2)3)13-8-6-5-7-9-13/h4-10H,1H2,2-3H3/b12-10+. The van der Waals surface area contributed by atoms with Gasteiger partial charge in [0, 0.05) is 0 Å². The van der Waals surface area contributed by atoms with Crippen molar-refractivity contribution in [1.82, 2.24) is 0 Å². The average molecular weight is 202 g/mol. The summed E-state index contributed by atoms with van der Waals surface area (Å²) in [7, 11) is 0. The van der Waals surface area contributed by atoms with Gasteiger partial charge in [-0.25, -0.2) is 4.39 Å². The van der Waals surface area contributed by atoms with Crippen LogP contribution in [0.5, 0.6) is 0 Å². The van der Waals surface area contributed by atoms with E-state index in [0.717, 1.165) is 11.1 Å². The number of rotatable bonds is 3. The third kappa shape index (κ3) is 3.21. The van der Waals surface area contributed by atoms with E-state index in [0.29, 0.717) is 5.57 Å². The summed E-state index contributed by atoms with van der Waals surface area (Å²) in [4.78, 5) is 0. The van der Waals surface area contributed by atoms with Gasteiger partial charge in [-0.05, 0) is 36.6 Å². The van der Waals surface area contributed by atoms with Crippen LogP contribution in [0, 0.1) is 0 Å². The first-order valence-corrected chi connectivity index (χ1v) is 4.87. The first-order chi connectivity index (χ1) is 7.15. The SMILES string of the molecule is C=C/C(=C\C(F)=C(C)C)c1ccccc1. The molecule has 0 heterocycles. The number of allylic oxidation sites excluding steroid dienone is 5. The molecule has 0 atom stereocenters. The van der Waals surface area contributed by atoms with Crippen LogP contribution in [0.2, 0.25) is 0 Å². The fourth-order valence-corrected chi connectivity index (χ4v) is 1.17. The van der Waals surface area contributed by atoms with Crippen LogP contribution in [0.4, 0.5) is 4.39 Å². The van der Waals surface area contributed by atoms with Gasteiger partial charge in [0.2, 0.25) is 0 Å². The van der Waals surface area contributed by atoms with Crippen LogP contribution in [-0.4, -0.2) is 0 Å². The topological polar surface area (TPSA) is 0 Å². The summed E-state index contributed by atoms with van der Waals surface area (Å²) in [5.41, 5.74) is 2.45. The van der Waals surface area contributed by atoms with Gasteiger partial charge in [0.1, 0.15) is 5.83 Å². The Balaban J connectivity index is 3.11. The maximum absolute atomic E-state index is 13.4. The van der Waals surface area contributed by atoms with E-state index in [4.69, 9.17) is 0 Å². The van der Waals surface area contributed by atoms with Crippen LogP contribution >= 0.6 is 0 Å². The Kier molecular flexibility index (Phi) is 4.04. The molecule has 0 nitrogen and oxygen atoms in total. The molecule has 0 fully saturated rings. The van der Waals surface area contributed by atoms with Crippen molar-refractivity contribution >= 4 is 5.57 Å². The van der Waals surface area contributed by atoms with Gasteiger partial charge in [-0.3, -0.25) is 0 Å². The Hall–Kier alpha value is -1.63. The number of benzene rings is 1. The minimum Gasteiger partial charge on any atom is -0.207 e. The lowest BCUT2D eigenvalue weighted by Gasteiger charge is -2.01. The van der Waals surface area contributed by atoms with Crippen molar-refractivity contribution in [1.29, 1.82) is 0 Å². The molecule has 0 saturated carbocycles. The molecule has 0 radical (unpaired) electrons. The summed E-state index contributed by atoms with van der Waals surface area (Å²) in [6, 6.07) is 9.65. The van der Waals surface area contributed by atoms with Crippen LogP contribution in [0.1, 0.15) is 19.4 Å². The van der Waals surface area contributed by atoms with E-state index in [2.05, 4.69) is 6.58 Å². The van der Waals surface area contributed by atoms with Gasteiger partial charge < -0.3 is 0 Å². The lowest BCUT2D eigenvalue weighted by molar-refractivity contribution is 0.655. The second-order valence-corrected chi connectivity index (χ2v) is 3.52. The van der Waals surface area contributed by atoms with Gasteiger partial charge in [-0.2, -0.15) is 0 Å². The highest BCUT2D eigenvalue weighted by molar-refractivity contribution is 5.75. The molecule has 78 valence electrons. The van der Waals surface area contributed by atoms with Crippen molar-refractivity contribution in [2.24, 2.45) is 0 Å². The third-order valence-electron chi connectivity index (χ3n) is 2.09. The van der Waals surface area contributed by atoms with Crippen LogP contribution < -0.4 is 0 Å². The summed E-state index contributed by atoms with van der Waals surface area (Å²) in [5, 5.41) is 0. The number of halogens is 1. The van der Waals surface area contributed by atoms with E-state index in [1.807, 2.05) is 30.3 Å². The van der Waals surface area contributed by atoms with E-state index >= 15 is 0 Å². The molecule has 0 aliphatic heterocycles. The number of hydrogen-bond acceptors (Lipinski definition) is 0. The molecule has 1 aromatic carbocycles. The minimum absolute atomic E-state index is 0.200. The normalized spacial score (nSPS) is 11.0. The molecule has 0 N–H and O–H groups in total. The van der Waals surface area contributed by atoms with Gasteiger partial charge in [0.25, 0.3) is 0 Å². The predicted molar refractivity (Wildman–Crippen MR) is 64.1 cm³/mol. The summed E-state index contributed by atoms with van der Waals surface area (Å²) >= 11 is 0. The van der Waals surface area contributed by atoms with E-state index in [9.17, 15) is 4.39 Å². The van der Waals surface area contributed by atoms with Crippen molar-refractivity contribution in [2.45, 2.75) is 13.8 Å². The molecule has 0 aromatic heterocycles. The lowest BCUT2D eigenvalue weighted by Crippen LogP contribution is -1.81. The monoisotopic (exact) mass is 202 g/mol. The first-order valence-electron chi connectivity index (χ1n) is 4.87.